The van der Waals surface area contributed by atoms with Gasteiger partial charge in [0.25, 0.3) is 0 Å². The zero-order valence-electron chi connectivity index (χ0n) is 12.1. The number of nitrogen functional groups attached to an aromatic ring is 1. The summed E-state index contributed by atoms with van der Waals surface area (Å²) >= 11 is 0. The minimum absolute atomic E-state index is 0.159. The normalized spacial score (nSPS) is 10.3. The lowest BCUT2D eigenvalue weighted by molar-refractivity contribution is -0.143. The van der Waals surface area contributed by atoms with Crippen molar-refractivity contribution in [2.24, 2.45) is 0 Å². The molecule has 0 radical (unpaired) electrons. The molecular formula is C14H22N2O4. The molecule has 20 heavy (non-hydrogen) atoms. The van der Waals surface area contributed by atoms with Crippen LogP contribution in [0.15, 0.2) is 12.3 Å². The molecule has 1 rings (SSSR count). The summed E-state index contributed by atoms with van der Waals surface area (Å²) in [6.07, 6.45) is 4.68. The number of anilines is 1. The van der Waals surface area contributed by atoms with Gasteiger partial charge < -0.3 is 19.8 Å². The Labute approximate surface area is 118 Å². The lowest BCUT2D eigenvalue weighted by Crippen LogP contribution is -2.10. The van der Waals surface area contributed by atoms with E-state index in [0.29, 0.717) is 31.0 Å². The van der Waals surface area contributed by atoms with Crippen molar-refractivity contribution in [3.63, 3.8) is 0 Å². The first-order valence-corrected chi connectivity index (χ1v) is 6.78. The first-order chi connectivity index (χ1) is 9.58. The standard InChI is InChI=1S/C14H22N2O4/c1-3-20-13(17)7-5-4-6-8-16-10-11(15)9-12(16)14(18)19-2/h9-10H,3-8,15H2,1-2H3. The summed E-state index contributed by atoms with van der Waals surface area (Å²) in [5, 5.41) is 0. The van der Waals surface area contributed by atoms with Gasteiger partial charge in [-0.25, -0.2) is 4.79 Å². The molecule has 0 unspecified atom stereocenters. The Morgan fingerprint density at radius 1 is 1.30 bits per heavy atom. The SMILES string of the molecule is CCOC(=O)CCCCCn1cc(N)cc1C(=O)OC. The summed E-state index contributed by atoms with van der Waals surface area (Å²) in [6, 6.07) is 1.60. The largest absolute Gasteiger partial charge is 0.466 e. The van der Waals surface area contributed by atoms with Crippen LogP contribution in [0.25, 0.3) is 0 Å². The monoisotopic (exact) mass is 282 g/mol. The molecule has 0 bridgehead atoms. The van der Waals surface area contributed by atoms with Crippen molar-refractivity contribution in [1.82, 2.24) is 4.57 Å². The van der Waals surface area contributed by atoms with Crippen molar-refractivity contribution in [2.45, 2.75) is 39.2 Å². The second-order valence-electron chi connectivity index (χ2n) is 4.46. The van der Waals surface area contributed by atoms with Crippen molar-refractivity contribution in [3.8, 4) is 0 Å². The van der Waals surface area contributed by atoms with Gasteiger partial charge in [0, 0.05) is 19.2 Å². The number of aromatic nitrogens is 1. The number of nitrogens with two attached hydrogens (primary N) is 1. The van der Waals surface area contributed by atoms with Crippen LogP contribution in [0.5, 0.6) is 0 Å². The Balaban J connectivity index is 2.35. The Kier molecular flexibility index (Phi) is 6.63. The Hall–Kier alpha value is -1.98. The molecule has 6 heteroatoms. The van der Waals surface area contributed by atoms with Crippen LogP contribution in [-0.4, -0.2) is 30.2 Å². The minimum atomic E-state index is -0.395. The predicted molar refractivity (Wildman–Crippen MR) is 75.3 cm³/mol. The topological polar surface area (TPSA) is 83.5 Å². The van der Waals surface area contributed by atoms with Gasteiger partial charge in [-0.3, -0.25) is 4.79 Å². The number of esters is 2. The Morgan fingerprint density at radius 3 is 2.70 bits per heavy atom. The van der Waals surface area contributed by atoms with E-state index in [1.54, 1.807) is 23.8 Å². The molecular weight excluding hydrogens is 260 g/mol. The first kappa shape index (κ1) is 16.1. The maximum absolute atomic E-state index is 11.5. The van der Waals surface area contributed by atoms with Gasteiger partial charge in [-0.15, -0.1) is 0 Å². The molecule has 0 saturated heterocycles. The van der Waals surface area contributed by atoms with E-state index in [4.69, 9.17) is 15.2 Å². The third kappa shape index (κ3) is 4.95. The van der Waals surface area contributed by atoms with Gasteiger partial charge >= 0.3 is 11.9 Å². The van der Waals surface area contributed by atoms with E-state index in [2.05, 4.69) is 0 Å². The zero-order valence-corrected chi connectivity index (χ0v) is 12.1. The summed E-state index contributed by atoms with van der Waals surface area (Å²) in [4.78, 5) is 22.7. The fourth-order valence-electron chi connectivity index (χ4n) is 1.95. The number of nitrogens with zero attached hydrogens (tertiary/aromatic N) is 1. The van der Waals surface area contributed by atoms with Gasteiger partial charge in [-0.2, -0.15) is 0 Å². The highest BCUT2D eigenvalue weighted by molar-refractivity contribution is 5.88. The molecule has 0 aliphatic carbocycles. The van der Waals surface area contributed by atoms with Crippen LogP contribution < -0.4 is 5.73 Å². The number of carbonyl (C=O) groups excluding carboxylic acids is 2. The van der Waals surface area contributed by atoms with Gasteiger partial charge in [0.15, 0.2) is 0 Å². The number of hydrogen-bond donors (Lipinski definition) is 1. The van der Waals surface area contributed by atoms with E-state index in [0.717, 1.165) is 19.3 Å². The van der Waals surface area contributed by atoms with E-state index in [1.807, 2.05) is 0 Å². The number of carbonyl (C=O) groups is 2. The fraction of sp³-hybridized carbons (Fsp3) is 0.571. The lowest BCUT2D eigenvalue weighted by atomic mass is 10.2. The van der Waals surface area contributed by atoms with Crippen molar-refractivity contribution < 1.29 is 19.1 Å². The first-order valence-electron chi connectivity index (χ1n) is 6.78. The maximum atomic E-state index is 11.5. The average Bonchev–Trinajstić information content (AvgIpc) is 2.79. The number of unbranched alkanes of at least 4 members (excludes halogenated alkanes) is 2. The van der Waals surface area contributed by atoms with Crippen molar-refractivity contribution in [1.29, 1.82) is 0 Å². The molecule has 112 valence electrons. The van der Waals surface area contributed by atoms with Crippen LogP contribution in [0, 0.1) is 0 Å². The highest BCUT2D eigenvalue weighted by Gasteiger charge is 2.12. The highest BCUT2D eigenvalue weighted by atomic mass is 16.5. The van der Waals surface area contributed by atoms with E-state index < -0.39 is 5.97 Å². The molecule has 1 aromatic rings. The van der Waals surface area contributed by atoms with Gasteiger partial charge in [-0.05, 0) is 25.8 Å². The van der Waals surface area contributed by atoms with Crippen LogP contribution in [0.3, 0.4) is 0 Å². The second kappa shape index (κ2) is 8.24. The summed E-state index contributed by atoms with van der Waals surface area (Å²) in [5.41, 5.74) is 6.68. The Morgan fingerprint density at radius 2 is 2.05 bits per heavy atom. The minimum Gasteiger partial charge on any atom is -0.466 e. The van der Waals surface area contributed by atoms with Crippen LogP contribution in [0.4, 0.5) is 5.69 Å². The molecule has 0 saturated carbocycles. The van der Waals surface area contributed by atoms with Crippen LogP contribution >= 0.6 is 0 Å². The number of aryl methyl sites for hydroxylation is 1. The number of hydrogen-bond acceptors (Lipinski definition) is 5. The quantitative estimate of drug-likeness (QED) is 0.582. The van der Waals surface area contributed by atoms with Crippen LogP contribution in [-0.2, 0) is 20.8 Å². The molecule has 0 spiro atoms. The van der Waals surface area contributed by atoms with E-state index in [1.165, 1.54) is 7.11 Å². The average molecular weight is 282 g/mol. The predicted octanol–water partition coefficient (Wildman–Crippen LogP) is 1.98. The molecule has 0 fully saturated rings. The van der Waals surface area contributed by atoms with Gasteiger partial charge in [0.1, 0.15) is 5.69 Å². The molecule has 0 amide bonds. The van der Waals surface area contributed by atoms with E-state index in [-0.39, 0.29) is 5.97 Å². The molecule has 1 aromatic heterocycles. The van der Waals surface area contributed by atoms with Crippen molar-refractivity contribution in [2.75, 3.05) is 19.5 Å². The van der Waals surface area contributed by atoms with Gasteiger partial charge in [-0.1, -0.05) is 6.42 Å². The lowest BCUT2D eigenvalue weighted by Gasteiger charge is -2.07. The third-order valence-corrected chi connectivity index (χ3v) is 2.90. The van der Waals surface area contributed by atoms with Gasteiger partial charge in [0.05, 0.1) is 19.4 Å². The van der Waals surface area contributed by atoms with Crippen LogP contribution in [0.1, 0.15) is 43.1 Å². The number of methoxy groups -OCH3 is 1. The number of ether oxygens (including phenoxy) is 2. The van der Waals surface area contributed by atoms with E-state index in [9.17, 15) is 9.59 Å². The van der Waals surface area contributed by atoms with Crippen LogP contribution in [0.2, 0.25) is 0 Å². The van der Waals surface area contributed by atoms with Crippen molar-refractivity contribution in [3.05, 3.63) is 18.0 Å². The Bertz CT molecular complexity index is 454. The highest BCUT2D eigenvalue weighted by Crippen LogP contribution is 2.13. The van der Waals surface area contributed by atoms with Crippen molar-refractivity contribution >= 4 is 17.6 Å². The molecule has 0 aliphatic rings. The van der Waals surface area contributed by atoms with Gasteiger partial charge in [0.2, 0.25) is 0 Å². The zero-order chi connectivity index (χ0) is 15.0. The molecule has 1 heterocycles. The fourth-order valence-corrected chi connectivity index (χ4v) is 1.95. The molecule has 0 atom stereocenters. The number of rotatable bonds is 8. The summed E-state index contributed by atoms with van der Waals surface area (Å²) in [7, 11) is 1.34. The summed E-state index contributed by atoms with van der Waals surface area (Å²) < 4.78 is 11.3. The molecule has 0 aromatic carbocycles. The third-order valence-electron chi connectivity index (χ3n) is 2.90. The molecule has 0 aliphatic heterocycles. The summed E-state index contributed by atoms with van der Waals surface area (Å²) in [6.45, 7) is 2.89. The molecule has 2 N–H and O–H groups in total. The van der Waals surface area contributed by atoms with E-state index >= 15 is 0 Å². The smallest absolute Gasteiger partial charge is 0.354 e. The molecule has 6 nitrogen and oxygen atoms in total. The summed E-state index contributed by atoms with van der Waals surface area (Å²) in [5.74, 6) is -0.554. The second-order valence-corrected chi connectivity index (χ2v) is 4.46. The maximum Gasteiger partial charge on any atom is 0.354 e.